The van der Waals surface area contributed by atoms with Gasteiger partial charge in [-0.15, -0.1) is 0 Å². The molecule has 2 aromatic rings. The van der Waals surface area contributed by atoms with E-state index in [0.717, 1.165) is 17.7 Å². The first-order valence-electron chi connectivity index (χ1n) is 10.2. The third kappa shape index (κ3) is 6.10. The van der Waals surface area contributed by atoms with Crippen molar-refractivity contribution in [2.24, 2.45) is 0 Å². The summed E-state index contributed by atoms with van der Waals surface area (Å²) in [6.45, 7) is 3.80. The second kappa shape index (κ2) is 9.91. The second-order valence-corrected chi connectivity index (χ2v) is 9.43. The lowest BCUT2D eigenvalue weighted by atomic mass is 10.1. The van der Waals surface area contributed by atoms with E-state index in [-0.39, 0.29) is 0 Å². The SMILES string of the molecule is C[C@H](NS(=O)(=O)c1ccccc1C(F)(F)F)C(=O)N1CCN(Cc2ccc(C#N)cc2)CC1. The van der Waals surface area contributed by atoms with E-state index in [2.05, 4.69) is 15.7 Å². The molecule has 0 unspecified atom stereocenters. The van der Waals surface area contributed by atoms with Gasteiger partial charge in [-0.05, 0) is 36.8 Å². The molecule has 0 radical (unpaired) electrons. The fraction of sp³-hybridized carbons (Fsp3) is 0.364. The molecule has 33 heavy (non-hydrogen) atoms. The highest BCUT2D eigenvalue weighted by Gasteiger charge is 2.38. The summed E-state index contributed by atoms with van der Waals surface area (Å²) in [6, 6.07) is 11.9. The Morgan fingerprint density at radius 1 is 1.09 bits per heavy atom. The molecule has 2 aromatic carbocycles. The number of hydrogen-bond donors (Lipinski definition) is 1. The van der Waals surface area contributed by atoms with Gasteiger partial charge >= 0.3 is 6.18 Å². The van der Waals surface area contributed by atoms with Crippen LogP contribution in [0.3, 0.4) is 0 Å². The van der Waals surface area contributed by atoms with E-state index in [1.54, 1.807) is 12.1 Å². The van der Waals surface area contributed by atoms with Crippen molar-refractivity contribution in [3.63, 3.8) is 0 Å². The maximum absolute atomic E-state index is 13.2. The van der Waals surface area contributed by atoms with Crippen LogP contribution in [0.5, 0.6) is 0 Å². The van der Waals surface area contributed by atoms with Gasteiger partial charge in [-0.3, -0.25) is 9.69 Å². The van der Waals surface area contributed by atoms with Crippen LogP contribution < -0.4 is 4.72 Å². The van der Waals surface area contributed by atoms with Gasteiger partial charge in [0, 0.05) is 32.7 Å². The van der Waals surface area contributed by atoms with Crippen LogP contribution in [-0.4, -0.2) is 56.3 Å². The van der Waals surface area contributed by atoms with Crippen molar-refractivity contribution in [3.05, 3.63) is 65.2 Å². The number of carbonyl (C=O) groups is 1. The minimum absolute atomic E-state index is 0.361. The third-order valence-electron chi connectivity index (χ3n) is 5.36. The number of nitriles is 1. The highest BCUT2D eigenvalue weighted by atomic mass is 32.2. The van der Waals surface area contributed by atoms with Gasteiger partial charge in [0.15, 0.2) is 0 Å². The van der Waals surface area contributed by atoms with Crippen LogP contribution in [-0.2, 0) is 27.5 Å². The molecule has 1 amide bonds. The van der Waals surface area contributed by atoms with E-state index in [1.807, 2.05) is 12.1 Å². The first-order valence-corrected chi connectivity index (χ1v) is 11.7. The van der Waals surface area contributed by atoms with Crippen LogP contribution in [0.2, 0.25) is 0 Å². The molecular weight excluding hydrogens is 457 g/mol. The van der Waals surface area contributed by atoms with E-state index < -0.39 is 38.6 Å². The Morgan fingerprint density at radius 3 is 2.27 bits per heavy atom. The van der Waals surface area contributed by atoms with Gasteiger partial charge in [-0.1, -0.05) is 24.3 Å². The van der Waals surface area contributed by atoms with Gasteiger partial charge in [0.05, 0.1) is 28.1 Å². The van der Waals surface area contributed by atoms with Crippen molar-refractivity contribution in [3.8, 4) is 6.07 Å². The fourth-order valence-corrected chi connectivity index (χ4v) is 5.05. The van der Waals surface area contributed by atoms with E-state index in [4.69, 9.17) is 5.26 Å². The zero-order valence-corrected chi connectivity index (χ0v) is 18.7. The minimum Gasteiger partial charge on any atom is -0.339 e. The summed E-state index contributed by atoms with van der Waals surface area (Å²) in [5.74, 6) is -0.499. The van der Waals surface area contributed by atoms with Crippen molar-refractivity contribution in [1.82, 2.24) is 14.5 Å². The quantitative estimate of drug-likeness (QED) is 0.686. The van der Waals surface area contributed by atoms with Gasteiger partial charge in [0.25, 0.3) is 0 Å². The Morgan fingerprint density at radius 2 is 1.70 bits per heavy atom. The molecule has 1 aliphatic heterocycles. The highest BCUT2D eigenvalue weighted by molar-refractivity contribution is 7.89. The van der Waals surface area contributed by atoms with Crippen molar-refractivity contribution >= 4 is 15.9 Å². The number of benzene rings is 2. The lowest BCUT2D eigenvalue weighted by Crippen LogP contribution is -2.53. The fourth-order valence-electron chi connectivity index (χ4n) is 3.62. The van der Waals surface area contributed by atoms with Crippen LogP contribution >= 0.6 is 0 Å². The smallest absolute Gasteiger partial charge is 0.339 e. The van der Waals surface area contributed by atoms with Gasteiger partial charge in [0.2, 0.25) is 15.9 Å². The molecule has 1 heterocycles. The first kappa shape index (κ1) is 24.7. The van der Waals surface area contributed by atoms with E-state index in [9.17, 15) is 26.4 Å². The zero-order valence-electron chi connectivity index (χ0n) is 17.8. The van der Waals surface area contributed by atoms with Gasteiger partial charge in [-0.25, -0.2) is 8.42 Å². The topological polar surface area (TPSA) is 93.5 Å². The number of rotatable bonds is 6. The molecule has 0 spiro atoms. The van der Waals surface area contributed by atoms with Gasteiger partial charge in [-0.2, -0.15) is 23.2 Å². The molecule has 0 aliphatic carbocycles. The molecule has 0 saturated carbocycles. The summed E-state index contributed by atoms with van der Waals surface area (Å²) in [5.41, 5.74) is 0.315. The monoisotopic (exact) mass is 480 g/mol. The number of piperazine rings is 1. The Bertz CT molecular complexity index is 1140. The minimum atomic E-state index is -4.84. The van der Waals surface area contributed by atoms with Crippen molar-refractivity contribution < 1.29 is 26.4 Å². The summed E-state index contributed by atoms with van der Waals surface area (Å²) in [4.78, 5) is 15.5. The summed E-state index contributed by atoms with van der Waals surface area (Å²) < 4.78 is 66.9. The Kier molecular flexibility index (Phi) is 7.41. The number of nitrogens with one attached hydrogen (secondary N) is 1. The molecule has 1 saturated heterocycles. The first-order chi connectivity index (χ1) is 15.5. The lowest BCUT2D eigenvalue weighted by molar-refractivity contribution is -0.139. The number of hydrogen-bond acceptors (Lipinski definition) is 5. The van der Waals surface area contributed by atoms with E-state index >= 15 is 0 Å². The van der Waals surface area contributed by atoms with Crippen molar-refractivity contribution in [2.45, 2.75) is 30.6 Å². The Labute approximate surface area is 190 Å². The number of halogens is 3. The van der Waals surface area contributed by atoms with E-state index in [1.165, 1.54) is 17.9 Å². The van der Waals surface area contributed by atoms with Gasteiger partial charge < -0.3 is 4.90 Å². The Hall–Kier alpha value is -2.94. The van der Waals surface area contributed by atoms with Crippen LogP contribution in [0.1, 0.15) is 23.6 Å². The maximum atomic E-state index is 13.2. The predicted octanol–water partition coefficient (Wildman–Crippen LogP) is 2.59. The predicted molar refractivity (Wildman–Crippen MR) is 114 cm³/mol. The van der Waals surface area contributed by atoms with Crippen LogP contribution in [0, 0.1) is 11.3 Å². The molecule has 1 aliphatic rings. The molecule has 7 nitrogen and oxygen atoms in total. The number of carbonyl (C=O) groups excluding carboxylic acids is 1. The molecule has 11 heteroatoms. The molecule has 0 aromatic heterocycles. The van der Waals surface area contributed by atoms with Gasteiger partial charge in [0.1, 0.15) is 0 Å². The van der Waals surface area contributed by atoms with Crippen molar-refractivity contribution in [1.29, 1.82) is 5.26 Å². The second-order valence-electron chi connectivity index (χ2n) is 7.75. The van der Waals surface area contributed by atoms with Crippen LogP contribution in [0.4, 0.5) is 13.2 Å². The number of sulfonamides is 1. The average molecular weight is 481 g/mol. The lowest BCUT2D eigenvalue weighted by Gasteiger charge is -2.36. The molecule has 1 atom stereocenters. The largest absolute Gasteiger partial charge is 0.417 e. The molecule has 3 rings (SSSR count). The number of amides is 1. The summed E-state index contributed by atoms with van der Waals surface area (Å²) in [6.07, 6.45) is -4.84. The average Bonchev–Trinajstić information content (AvgIpc) is 2.79. The summed E-state index contributed by atoms with van der Waals surface area (Å²) in [7, 11) is -4.57. The highest BCUT2D eigenvalue weighted by Crippen LogP contribution is 2.34. The maximum Gasteiger partial charge on any atom is 0.417 e. The van der Waals surface area contributed by atoms with Crippen LogP contribution in [0.15, 0.2) is 53.4 Å². The molecule has 1 fully saturated rings. The number of alkyl halides is 3. The molecule has 0 bridgehead atoms. The Balaban J connectivity index is 1.59. The number of nitrogens with zero attached hydrogens (tertiary/aromatic N) is 3. The zero-order chi connectivity index (χ0) is 24.2. The normalized spacial score (nSPS) is 16.3. The summed E-state index contributed by atoms with van der Waals surface area (Å²) in [5, 5.41) is 8.87. The molecule has 176 valence electrons. The standard InChI is InChI=1S/C22H23F3N4O3S/c1-16(27-33(31,32)20-5-3-2-4-19(20)22(23,24)25)21(30)29-12-10-28(11-13-29)15-18-8-6-17(14-26)7-9-18/h2-9,16,27H,10-13,15H2,1H3/t16-/m0/s1. The molecular formula is C22H23F3N4O3S. The van der Waals surface area contributed by atoms with Crippen LogP contribution in [0.25, 0.3) is 0 Å². The third-order valence-corrected chi connectivity index (χ3v) is 6.96. The summed E-state index contributed by atoms with van der Waals surface area (Å²) >= 11 is 0. The van der Waals surface area contributed by atoms with Crippen molar-refractivity contribution in [2.75, 3.05) is 26.2 Å². The molecule has 1 N–H and O–H groups in total. The van der Waals surface area contributed by atoms with E-state index in [0.29, 0.717) is 44.4 Å².